The van der Waals surface area contributed by atoms with E-state index in [9.17, 15) is 0 Å². The Morgan fingerprint density at radius 3 is 1.94 bits per heavy atom. The first kappa shape index (κ1) is 21.1. The van der Waals surface area contributed by atoms with Crippen LogP contribution >= 0.6 is 11.6 Å². The molecule has 4 aromatic carbocycles. The maximum absolute atomic E-state index is 6.40. The summed E-state index contributed by atoms with van der Waals surface area (Å²) in [6, 6.07) is 36.1. The Kier molecular flexibility index (Phi) is 5.73. The second-order valence-electron chi connectivity index (χ2n) is 8.05. The summed E-state index contributed by atoms with van der Waals surface area (Å²) >= 11 is 6.40. The van der Waals surface area contributed by atoms with E-state index in [1.807, 2.05) is 31.2 Å². The molecule has 1 aromatic heterocycles. The topological polar surface area (TPSA) is 4.93 Å². The van der Waals surface area contributed by atoms with E-state index >= 15 is 0 Å². The highest BCUT2D eigenvalue weighted by molar-refractivity contribution is 6.31. The van der Waals surface area contributed by atoms with Crippen LogP contribution in [-0.4, -0.2) is 4.57 Å². The molecule has 0 bridgehead atoms. The van der Waals surface area contributed by atoms with Crippen LogP contribution < -0.4 is 0 Å². The lowest BCUT2D eigenvalue weighted by molar-refractivity contribution is 1.11. The Labute approximate surface area is 199 Å². The van der Waals surface area contributed by atoms with E-state index in [0.717, 1.165) is 27.5 Å². The number of benzene rings is 4. The van der Waals surface area contributed by atoms with Crippen LogP contribution in [0.4, 0.5) is 0 Å². The van der Waals surface area contributed by atoms with Crippen molar-refractivity contribution in [3.8, 4) is 27.9 Å². The van der Waals surface area contributed by atoms with Gasteiger partial charge in [-0.3, -0.25) is 0 Å². The molecule has 33 heavy (non-hydrogen) atoms. The fraction of sp³-hybridized carbons (Fsp3) is 0.0323. The Balaban J connectivity index is 1.78. The average Bonchev–Trinajstić information content (AvgIpc) is 3.18. The molecular weight excluding hydrogens is 422 g/mol. The fourth-order valence-electron chi connectivity index (χ4n) is 4.50. The second kappa shape index (κ2) is 8.97. The molecule has 1 heterocycles. The van der Waals surface area contributed by atoms with Crippen molar-refractivity contribution >= 4 is 34.7 Å². The predicted octanol–water partition coefficient (Wildman–Crippen LogP) is 9.21. The van der Waals surface area contributed by atoms with Crippen molar-refractivity contribution in [1.82, 2.24) is 4.57 Å². The molecule has 160 valence electrons. The highest BCUT2D eigenvalue weighted by Gasteiger charge is 2.18. The van der Waals surface area contributed by atoms with Gasteiger partial charge in [0, 0.05) is 21.7 Å². The minimum Gasteiger partial charge on any atom is -0.309 e. The first-order valence-electron chi connectivity index (χ1n) is 11.0. The highest BCUT2D eigenvalue weighted by Crippen LogP contribution is 2.39. The van der Waals surface area contributed by atoms with Crippen LogP contribution in [0, 0.1) is 0 Å². The zero-order chi connectivity index (χ0) is 22.8. The molecular formula is C31H24ClN. The summed E-state index contributed by atoms with van der Waals surface area (Å²) in [6.07, 6.45) is 3.97. The van der Waals surface area contributed by atoms with E-state index in [0.29, 0.717) is 0 Å². The zero-order valence-electron chi connectivity index (χ0n) is 18.5. The molecule has 0 aliphatic carbocycles. The number of halogens is 1. The average molecular weight is 446 g/mol. The van der Waals surface area contributed by atoms with E-state index < -0.39 is 0 Å². The van der Waals surface area contributed by atoms with Crippen molar-refractivity contribution in [3.63, 3.8) is 0 Å². The lowest BCUT2D eigenvalue weighted by atomic mass is 9.98. The molecule has 0 amide bonds. The third-order valence-corrected chi connectivity index (χ3v) is 6.03. The largest absolute Gasteiger partial charge is 0.309 e. The molecule has 0 atom stereocenters. The molecule has 5 rings (SSSR count). The molecule has 0 saturated carbocycles. The first-order chi connectivity index (χ1) is 16.2. The standard InChI is InChI=1S/C31H24ClN/c1-3-29-28(21-22(2)32)31-27(25-13-8-5-9-14-25)15-10-16-30(31)33(29)26-19-17-24(18-20-26)23-11-6-4-7-12-23/h3-21H,1H2,2H3/b22-21+. The smallest absolute Gasteiger partial charge is 0.0547 e. The molecule has 0 unspecified atom stereocenters. The SMILES string of the molecule is C=Cc1c(/C=C(\C)Cl)c2c(-c3ccccc3)cccc2n1-c1ccc(-c2ccccc2)cc1. The van der Waals surface area contributed by atoms with Crippen molar-refractivity contribution in [1.29, 1.82) is 0 Å². The van der Waals surface area contributed by atoms with Gasteiger partial charge in [0.05, 0.1) is 11.2 Å². The molecule has 2 heteroatoms. The van der Waals surface area contributed by atoms with Gasteiger partial charge in [0.2, 0.25) is 0 Å². The normalized spacial score (nSPS) is 11.6. The van der Waals surface area contributed by atoms with Crippen molar-refractivity contribution in [2.45, 2.75) is 6.92 Å². The van der Waals surface area contributed by atoms with E-state index in [-0.39, 0.29) is 0 Å². The summed E-state index contributed by atoms with van der Waals surface area (Å²) in [4.78, 5) is 0. The third kappa shape index (κ3) is 3.92. The lowest BCUT2D eigenvalue weighted by Gasteiger charge is -2.11. The molecule has 0 fully saturated rings. The van der Waals surface area contributed by atoms with Gasteiger partial charge in [0.15, 0.2) is 0 Å². The van der Waals surface area contributed by atoms with Crippen LogP contribution in [0.15, 0.2) is 115 Å². The Bertz CT molecular complexity index is 1450. The molecule has 0 spiro atoms. The number of rotatable bonds is 5. The Morgan fingerprint density at radius 2 is 1.33 bits per heavy atom. The van der Waals surface area contributed by atoms with Gasteiger partial charge in [-0.15, -0.1) is 0 Å². The molecule has 5 aromatic rings. The fourth-order valence-corrected chi connectivity index (χ4v) is 4.61. The maximum Gasteiger partial charge on any atom is 0.0547 e. The van der Waals surface area contributed by atoms with E-state index in [1.54, 1.807) is 0 Å². The van der Waals surface area contributed by atoms with Crippen LogP contribution in [0.2, 0.25) is 0 Å². The van der Waals surface area contributed by atoms with E-state index in [2.05, 4.69) is 102 Å². The number of aromatic nitrogens is 1. The molecule has 0 aliphatic heterocycles. The van der Waals surface area contributed by atoms with Crippen molar-refractivity contribution in [2.75, 3.05) is 0 Å². The van der Waals surface area contributed by atoms with Crippen LogP contribution in [0.5, 0.6) is 0 Å². The van der Waals surface area contributed by atoms with Crippen molar-refractivity contribution in [2.24, 2.45) is 0 Å². The minimum absolute atomic E-state index is 0.736. The van der Waals surface area contributed by atoms with Gasteiger partial charge >= 0.3 is 0 Å². The third-order valence-electron chi connectivity index (χ3n) is 5.92. The first-order valence-corrected chi connectivity index (χ1v) is 11.4. The van der Waals surface area contributed by atoms with Crippen molar-refractivity contribution < 1.29 is 0 Å². The van der Waals surface area contributed by atoms with Gasteiger partial charge in [0.25, 0.3) is 0 Å². The summed E-state index contributed by atoms with van der Waals surface area (Å²) in [6.45, 7) is 6.07. The number of hydrogen-bond donors (Lipinski definition) is 0. The second-order valence-corrected chi connectivity index (χ2v) is 8.64. The Hall–Kier alpha value is -3.81. The van der Waals surface area contributed by atoms with Gasteiger partial charge in [-0.2, -0.15) is 0 Å². The van der Waals surface area contributed by atoms with Crippen LogP contribution in [0.3, 0.4) is 0 Å². The molecule has 1 nitrogen and oxygen atoms in total. The van der Waals surface area contributed by atoms with Crippen LogP contribution in [-0.2, 0) is 0 Å². The predicted molar refractivity (Wildman–Crippen MR) is 144 cm³/mol. The molecule has 0 saturated heterocycles. The molecule has 0 radical (unpaired) electrons. The summed E-state index contributed by atoms with van der Waals surface area (Å²) in [5, 5.41) is 1.91. The number of nitrogens with zero attached hydrogens (tertiary/aromatic N) is 1. The van der Waals surface area contributed by atoms with Gasteiger partial charge < -0.3 is 4.57 Å². The van der Waals surface area contributed by atoms with Crippen LogP contribution in [0.1, 0.15) is 18.2 Å². The van der Waals surface area contributed by atoms with Gasteiger partial charge in [-0.05, 0) is 59.5 Å². The summed E-state index contributed by atoms with van der Waals surface area (Å²) in [5.41, 5.74) is 9.09. The van der Waals surface area contributed by atoms with E-state index in [1.165, 1.54) is 27.6 Å². The number of hydrogen-bond acceptors (Lipinski definition) is 0. The molecule has 0 N–H and O–H groups in total. The van der Waals surface area contributed by atoms with Crippen LogP contribution in [0.25, 0.3) is 51.0 Å². The van der Waals surface area contributed by atoms with Crippen molar-refractivity contribution in [3.05, 3.63) is 126 Å². The van der Waals surface area contributed by atoms with Gasteiger partial charge in [0.1, 0.15) is 0 Å². The van der Waals surface area contributed by atoms with Gasteiger partial charge in [-0.25, -0.2) is 0 Å². The minimum atomic E-state index is 0.736. The monoisotopic (exact) mass is 445 g/mol. The van der Waals surface area contributed by atoms with Gasteiger partial charge in [-0.1, -0.05) is 103 Å². The quantitative estimate of drug-likeness (QED) is 0.254. The Morgan fingerprint density at radius 1 is 0.727 bits per heavy atom. The van der Waals surface area contributed by atoms with E-state index in [4.69, 9.17) is 11.6 Å². The summed E-state index contributed by atoms with van der Waals surface area (Å²) < 4.78 is 2.27. The summed E-state index contributed by atoms with van der Waals surface area (Å²) in [5.74, 6) is 0. The highest BCUT2D eigenvalue weighted by atomic mass is 35.5. The lowest BCUT2D eigenvalue weighted by Crippen LogP contribution is -1.97. The number of fused-ring (bicyclic) bond motifs is 1. The molecule has 0 aliphatic rings. The maximum atomic E-state index is 6.40. The zero-order valence-corrected chi connectivity index (χ0v) is 19.3. The number of allylic oxidation sites excluding steroid dienone is 1. The summed E-state index contributed by atoms with van der Waals surface area (Å²) in [7, 11) is 0.